The maximum absolute atomic E-state index is 11.4. The number of carbonyl (C=O) groups is 1. The van der Waals surface area contributed by atoms with Gasteiger partial charge in [-0.1, -0.05) is 19.4 Å². The van der Waals surface area contributed by atoms with Crippen molar-refractivity contribution in [2.24, 2.45) is 0 Å². The molecule has 0 aliphatic carbocycles. The molecule has 21 heavy (non-hydrogen) atoms. The van der Waals surface area contributed by atoms with E-state index in [1.165, 1.54) is 0 Å². The first kappa shape index (κ1) is 18.4. The molecule has 0 aromatic heterocycles. The van der Waals surface area contributed by atoms with Gasteiger partial charge in [0.25, 0.3) is 0 Å². The molecule has 1 saturated heterocycles. The molecule has 1 heterocycles. The van der Waals surface area contributed by atoms with Crippen LogP contribution in [0.25, 0.3) is 0 Å². The van der Waals surface area contributed by atoms with Gasteiger partial charge in [-0.3, -0.25) is 0 Å². The largest absolute Gasteiger partial charge is 0.462 e. The van der Waals surface area contributed by atoms with Gasteiger partial charge in [-0.05, 0) is 32.2 Å². The van der Waals surface area contributed by atoms with Gasteiger partial charge in [0.05, 0.1) is 6.61 Å². The van der Waals surface area contributed by atoms with E-state index in [1.54, 1.807) is 28.3 Å². The lowest BCUT2D eigenvalue weighted by Gasteiger charge is -2.48. The molecule has 6 heteroatoms. The van der Waals surface area contributed by atoms with Crippen molar-refractivity contribution in [3.8, 4) is 0 Å². The highest BCUT2D eigenvalue weighted by atomic mass is 28.4. The molecule has 0 bridgehead atoms. The summed E-state index contributed by atoms with van der Waals surface area (Å²) < 4.78 is 22.7. The SMILES string of the molecule is C=C(C)C(=O)OCCCC1(OC)CCCC[Si]1(OC)OC. The van der Waals surface area contributed by atoms with E-state index in [4.69, 9.17) is 18.3 Å². The summed E-state index contributed by atoms with van der Waals surface area (Å²) in [7, 11) is 2.77. The number of hydrogen-bond acceptors (Lipinski definition) is 5. The Morgan fingerprint density at radius 2 is 1.90 bits per heavy atom. The van der Waals surface area contributed by atoms with E-state index < -0.39 is 8.56 Å². The molecular weight excluding hydrogens is 288 g/mol. The molecule has 0 spiro atoms. The molecule has 0 N–H and O–H groups in total. The van der Waals surface area contributed by atoms with Crippen LogP contribution in [0.15, 0.2) is 12.2 Å². The third-order valence-electron chi connectivity index (χ3n) is 4.39. The molecular formula is C15H28O5Si. The summed E-state index contributed by atoms with van der Waals surface area (Å²) >= 11 is 0. The topological polar surface area (TPSA) is 54.0 Å². The van der Waals surface area contributed by atoms with E-state index in [1.807, 2.05) is 0 Å². The molecule has 0 aromatic rings. The second-order valence-electron chi connectivity index (χ2n) is 5.59. The lowest BCUT2D eigenvalue weighted by Crippen LogP contribution is -2.64. The Hall–Kier alpha value is -0.693. The third-order valence-corrected chi connectivity index (χ3v) is 8.81. The fourth-order valence-electron chi connectivity index (χ4n) is 3.17. The first-order valence-electron chi connectivity index (χ1n) is 7.45. The molecule has 1 aliphatic rings. The van der Waals surface area contributed by atoms with Gasteiger partial charge < -0.3 is 18.3 Å². The Kier molecular flexibility index (Phi) is 7.06. The van der Waals surface area contributed by atoms with Gasteiger partial charge in [0, 0.05) is 26.9 Å². The van der Waals surface area contributed by atoms with Crippen molar-refractivity contribution in [2.45, 2.75) is 50.3 Å². The molecule has 122 valence electrons. The molecule has 1 unspecified atom stereocenters. The average Bonchev–Trinajstić information content (AvgIpc) is 2.51. The molecule has 0 radical (unpaired) electrons. The molecule has 5 nitrogen and oxygen atoms in total. The Morgan fingerprint density at radius 1 is 1.24 bits per heavy atom. The zero-order chi connectivity index (χ0) is 15.9. The van der Waals surface area contributed by atoms with Crippen molar-refractivity contribution >= 4 is 14.5 Å². The monoisotopic (exact) mass is 316 g/mol. The molecule has 1 fully saturated rings. The fourth-order valence-corrected chi connectivity index (χ4v) is 7.08. The number of esters is 1. The third kappa shape index (κ3) is 3.94. The van der Waals surface area contributed by atoms with Crippen LogP contribution < -0.4 is 0 Å². The minimum Gasteiger partial charge on any atom is -0.462 e. The Labute approximate surface area is 128 Å². The highest BCUT2D eigenvalue weighted by Crippen LogP contribution is 2.42. The van der Waals surface area contributed by atoms with Crippen molar-refractivity contribution in [3.63, 3.8) is 0 Å². The van der Waals surface area contributed by atoms with Crippen LogP contribution in [-0.2, 0) is 23.1 Å². The van der Waals surface area contributed by atoms with Gasteiger partial charge in [0.1, 0.15) is 5.22 Å². The molecule has 1 rings (SSSR count). The van der Waals surface area contributed by atoms with Crippen LogP contribution in [-0.4, -0.2) is 47.7 Å². The van der Waals surface area contributed by atoms with Gasteiger partial charge in [0.15, 0.2) is 0 Å². The number of rotatable bonds is 8. The summed E-state index contributed by atoms with van der Waals surface area (Å²) in [5.41, 5.74) is 0.423. The molecule has 0 aromatic carbocycles. The summed E-state index contributed by atoms with van der Waals surface area (Å²) in [6, 6.07) is 0.944. The summed E-state index contributed by atoms with van der Waals surface area (Å²) in [4.78, 5) is 11.4. The van der Waals surface area contributed by atoms with Crippen molar-refractivity contribution in [3.05, 3.63) is 12.2 Å². The van der Waals surface area contributed by atoms with Crippen LogP contribution in [0.4, 0.5) is 0 Å². The maximum atomic E-state index is 11.4. The zero-order valence-electron chi connectivity index (χ0n) is 13.7. The summed E-state index contributed by atoms with van der Waals surface area (Å²) in [6.07, 6.45) is 4.67. The Balaban J connectivity index is 2.65. The van der Waals surface area contributed by atoms with Gasteiger partial charge in [-0.2, -0.15) is 0 Å². The van der Waals surface area contributed by atoms with Crippen molar-refractivity contribution < 1.29 is 23.1 Å². The van der Waals surface area contributed by atoms with E-state index in [9.17, 15) is 4.79 Å². The van der Waals surface area contributed by atoms with E-state index in [0.29, 0.717) is 12.2 Å². The predicted molar refractivity (Wildman–Crippen MR) is 83.2 cm³/mol. The second kappa shape index (κ2) is 8.08. The molecule has 1 aliphatic heterocycles. The summed E-state index contributed by atoms with van der Waals surface area (Å²) in [5, 5.41) is -0.357. The number of methoxy groups -OCH3 is 1. The maximum Gasteiger partial charge on any atom is 0.370 e. The summed E-state index contributed by atoms with van der Waals surface area (Å²) in [5.74, 6) is -0.341. The van der Waals surface area contributed by atoms with E-state index in [-0.39, 0.29) is 11.2 Å². The molecule has 0 saturated carbocycles. The van der Waals surface area contributed by atoms with Crippen LogP contribution in [0.2, 0.25) is 6.04 Å². The van der Waals surface area contributed by atoms with E-state index >= 15 is 0 Å². The van der Waals surface area contributed by atoms with Gasteiger partial charge in [-0.25, -0.2) is 4.79 Å². The quantitative estimate of drug-likeness (QED) is 0.298. The zero-order valence-corrected chi connectivity index (χ0v) is 14.7. The normalized spacial score (nSPS) is 24.6. The minimum absolute atomic E-state index is 0.341. The number of ether oxygens (including phenoxy) is 2. The second-order valence-corrected chi connectivity index (χ2v) is 9.32. The standard InChI is InChI=1S/C15H28O5Si/c1-13(2)14(16)20-11-8-10-15(17-3)9-6-7-12-21(15,18-4)19-5/h1,6-12H2,2-5H3. The molecule has 0 amide bonds. The van der Waals surface area contributed by atoms with Gasteiger partial charge in [0.2, 0.25) is 0 Å². The minimum atomic E-state index is -2.39. The van der Waals surface area contributed by atoms with Crippen molar-refractivity contribution in [2.75, 3.05) is 27.9 Å². The van der Waals surface area contributed by atoms with Crippen LogP contribution in [0.3, 0.4) is 0 Å². The highest BCUT2D eigenvalue weighted by Gasteiger charge is 2.58. The first-order valence-corrected chi connectivity index (χ1v) is 9.47. The van der Waals surface area contributed by atoms with Gasteiger partial charge >= 0.3 is 14.5 Å². The number of carbonyl (C=O) groups excluding carboxylic acids is 1. The van der Waals surface area contributed by atoms with Crippen molar-refractivity contribution in [1.29, 1.82) is 0 Å². The van der Waals surface area contributed by atoms with Gasteiger partial charge in [-0.15, -0.1) is 0 Å². The Morgan fingerprint density at radius 3 is 2.43 bits per heavy atom. The lowest BCUT2D eigenvalue weighted by atomic mass is 10.1. The van der Waals surface area contributed by atoms with Crippen molar-refractivity contribution in [1.82, 2.24) is 0 Å². The predicted octanol–water partition coefficient (Wildman–Crippen LogP) is 2.73. The van der Waals surface area contributed by atoms with Crippen LogP contribution in [0.1, 0.15) is 39.0 Å². The number of hydrogen-bond donors (Lipinski definition) is 0. The lowest BCUT2D eigenvalue weighted by molar-refractivity contribution is -0.139. The highest BCUT2D eigenvalue weighted by molar-refractivity contribution is 6.70. The Bertz CT molecular complexity index is 367. The average molecular weight is 316 g/mol. The summed E-state index contributed by atoms with van der Waals surface area (Å²) in [6.45, 7) is 5.59. The smallest absolute Gasteiger partial charge is 0.370 e. The van der Waals surface area contributed by atoms with Crippen LogP contribution >= 0.6 is 0 Å². The first-order chi connectivity index (χ1) is 9.97. The van der Waals surface area contributed by atoms with E-state index in [2.05, 4.69) is 6.58 Å². The van der Waals surface area contributed by atoms with Crippen LogP contribution in [0.5, 0.6) is 0 Å². The fraction of sp³-hybridized carbons (Fsp3) is 0.800. The van der Waals surface area contributed by atoms with E-state index in [0.717, 1.165) is 38.1 Å². The molecule has 1 atom stereocenters. The van der Waals surface area contributed by atoms with Crippen LogP contribution in [0, 0.1) is 0 Å².